The number of carbonyl (C=O) groups is 1. The summed E-state index contributed by atoms with van der Waals surface area (Å²) in [6, 6.07) is 33.1. The van der Waals surface area contributed by atoms with Gasteiger partial charge in [0.1, 0.15) is 11.6 Å². The molecule has 5 aromatic carbocycles. The van der Waals surface area contributed by atoms with Crippen molar-refractivity contribution in [3.63, 3.8) is 0 Å². The van der Waals surface area contributed by atoms with E-state index in [2.05, 4.69) is 0 Å². The van der Waals surface area contributed by atoms with Crippen molar-refractivity contribution >= 4 is 40.9 Å². The summed E-state index contributed by atoms with van der Waals surface area (Å²) in [6.07, 6.45) is 0. The van der Waals surface area contributed by atoms with Gasteiger partial charge in [0.15, 0.2) is 5.78 Å². The van der Waals surface area contributed by atoms with Crippen LogP contribution in [0.1, 0.15) is 15.9 Å². The van der Waals surface area contributed by atoms with Crippen molar-refractivity contribution in [2.24, 2.45) is 0 Å². The molecule has 0 aliphatic carbocycles. The molecule has 0 N–H and O–H groups in total. The van der Waals surface area contributed by atoms with E-state index in [1.54, 1.807) is 36.4 Å². The normalized spacial score (nSPS) is 10.9. The fourth-order valence-electron chi connectivity index (χ4n) is 3.82. The van der Waals surface area contributed by atoms with Gasteiger partial charge in [0.2, 0.25) is 0 Å². The number of carbonyl (C=O) groups excluding carboxylic acids is 1. The van der Waals surface area contributed by atoms with Crippen LogP contribution in [0, 0.1) is 11.6 Å². The van der Waals surface area contributed by atoms with Crippen LogP contribution >= 0.6 is 35.1 Å². The molecule has 0 fully saturated rings. The summed E-state index contributed by atoms with van der Waals surface area (Å²) >= 11 is 9.35. The Morgan fingerprint density at radius 2 is 1.24 bits per heavy atom. The van der Waals surface area contributed by atoms with Gasteiger partial charge in [0.05, 0.1) is 10.6 Å². The average molecular weight is 545 g/mol. The molecule has 0 saturated carbocycles. The fraction of sp³-hybridized carbons (Fsp3) is 0. The third-order valence-electron chi connectivity index (χ3n) is 5.61. The molecule has 0 aliphatic heterocycles. The maximum absolute atomic E-state index is 14.2. The second-order valence-corrected chi connectivity index (χ2v) is 10.8. The molecule has 0 amide bonds. The summed E-state index contributed by atoms with van der Waals surface area (Å²) in [5.41, 5.74) is 2.63. The maximum Gasteiger partial charge on any atom is 0.195 e. The monoisotopic (exact) mass is 544 g/mol. The molecule has 6 heteroatoms. The van der Waals surface area contributed by atoms with E-state index in [9.17, 15) is 13.6 Å². The molecule has 0 radical (unpaired) electrons. The van der Waals surface area contributed by atoms with Crippen LogP contribution in [0.25, 0.3) is 11.1 Å². The lowest BCUT2D eigenvalue weighted by atomic mass is 10.0. The Morgan fingerprint density at radius 1 is 0.622 bits per heavy atom. The molecule has 0 bridgehead atoms. The van der Waals surface area contributed by atoms with Crippen LogP contribution in [0.4, 0.5) is 8.78 Å². The Bertz CT molecular complexity index is 1550. The third kappa shape index (κ3) is 5.96. The minimum absolute atomic E-state index is 0.132. The summed E-state index contributed by atoms with van der Waals surface area (Å²) in [5.74, 6) is -0.766. The summed E-state index contributed by atoms with van der Waals surface area (Å²) in [4.78, 5) is 16.6. The Balaban J connectivity index is 1.42. The molecule has 0 heterocycles. The Kier molecular flexibility index (Phi) is 7.75. The SMILES string of the molecule is O=C(c1ccccc1)c1c(Cl)cccc1Sc1ccc(-c2cc(F)ccc2Sc2ccc(F)cc2)cc1. The zero-order valence-electron chi connectivity index (χ0n) is 19.3. The lowest BCUT2D eigenvalue weighted by molar-refractivity contribution is 0.103. The van der Waals surface area contributed by atoms with Crippen molar-refractivity contribution < 1.29 is 13.6 Å². The zero-order chi connectivity index (χ0) is 25.8. The Labute approximate surface area is 227 Å². The Morgan fingerprint density at radius 3 is 1.95 bits per heavy atom. The van der Waals surface area contributed by atoms with E-state index in [4.69, 9.17) is 11.6 Å². The zero-order valence-corrected chi connectivity index (χ0v) is 21.7. The van der Waals surface area contributed by atoms with Crippen LogP contribution in [0.15, 0.2) is 135 Å². The van der Waals surface area contributed by atoms with Gasteiger partial charge in [-0.1, -0.05) is 83.7 Å². The van der Waals surface area contributed by atoms with Crippen molar-refractivity contribution in [3.05, 3.63) is 143 Å². The van der Waals surface area contributed by atoms with E-state index in [0.717, 1.165) is 30.7 Å². The van der Waals surface area contributed by atoms with Gasteiger partial charge >= 0.3 is 0 Å². The van der Waals surface area contributed by atoms with Crippen molar-refractivity contribution in [1.29, 1.82) is 0 Å². The molecule has 0 spiro atoms. The van der Waals surface area contributed by atoms with Crippen LogP contribution in [0.3, 0.4) is 0 Å². The first-order chi connectivity index (χ1) is 18.0. The smallest absolute Gasteiger partial charge is 0.195 e. The lowest BCUT2D eigenvalue weighted by Gasteiger charge is -2.12. The van der Waals surface area contributed by atoms with E-state index >= 15 is 0 Å². The first kappa shape index (κ1) is 25.3. The van der Waals surface area contributed by atoms with E-state index in [1.165, 1.54) is 47.8 Å². The summed E-state index contributed by atoms with van der Waals surface area (Å²) in [7, 11) is 0. The number of halogens is 3. The number of rotatable bonds is 7. The average Bonchev–Trinajstić information content (AvgIpc) is 2.92. The number of ketones is 1. The molecule has 37 heavy (non-hydrogen) atoms. The molecule has 0 atom stereocenters. The quantitative estimate of drug-likeness (QED) is 0.190. The predicted molar refractivity (Wildman–Crippen MR) is 148 cm³/mol. The highest BCUT2D eigenvalue weighted by Gasteiger charge is 2.18. The van der Waals surface area contributed by atoms with Crippen molar-refractivity contribution in [3.8, 4) is 11.1 Å². The second-order valence-electron chi connectivity index (χ2n) is 8.13. The number of hydrogen-bond donors (Lipinski definition) is 0. The van der Waals surface area contributed by atoms with E-state index in [-0.39, 0.29) is 17.4 Å². The van der Waals surface area contributed by atoms with E-state index < -0.39 is 0 Å². The molecule has 5 rings (SSSR count). The van der Waals surface area contributed by atoms with E-state index in [0.29, 0.717) is 16.1 Å². The summed E-state index contributed by atoms with van der Waals surface area (Å²) < 4.78 is 27.5. The lowest BCUT2D eigenvalue weighted by Crippen LogP contribution is -2.04. The molecule has 0 saturated heterocycles. The number of benzene rings is 5. The van der Waals surface area contributed by atoms with Crippen molar-refractivity contribution in [1.82, 2.24) is 0 Å². The standard InChI is InChI=1S/C31H19ClF2OS2/c32-27-7-4-8-29(30(27)31(35)21-5-2-1-3-6-21)37-24-14-9-20(10-15-24)26-19-23(34)13-18-28(26)36-25-16-11-22(33)12-17-25/h1-19H. The summed E-state index contributed by atoms with van der Waals surface area (Å²) in [5, 5.41) is 0.401. The molecule has 0 aromatic heterocycles. The fourth-order valence-corrected chi connectivity index (χ4v) is 6.06. The van der Waals surface area contributed by atoms with Crippen molar-refractivity contribution in [2.45, 2.75) is 19.6 Å². The molecule has 0 unspecified atom stereocenters. The molecule has 5 aromatic rings. The minimum atomic E-state index is -0.333. The molecule has 182 valence electrons. The van der Waals surface area contributed by atoms with Gasteiger partial charge in [-0.2, -0.15) is 0 Å². The first-order valence-electron chi connectivity index (χ1n) is 11.4. The van der Waals surface area contributed by atoms with Gasteiger partial charge in [0, 0.05) is 25.1 Å². The molecular formula is C31H19ClF2OS2. The van der Waals surface area contributed by atoms with Gasteiger partial charge < -0.3 is 0 Å². The Hall–Kier alpha value is -3.38. The summed E-state index contributed by atoms with van der Waals surface area (Å²) in [6.45, 7) is 0. The van der Waals surface area contributed by atoms with Gasteiger partial charge in [-0.3, -0.25) is 4.79 Å². The minimum Gasteiger partial charge on any atom is -0.289 e. The first-order valence-corrected chi connectivity index (χ1v) is 13.4. The third-order valence-corrected chi connectivity index (χ3v) is 8.08. The van der Waals surface area contributed by atoms with Gasteiger partial charge in [-0.15, -0.1) is 0 Å². The van der Waals surface area contributed by atoms with Crippen LogP contribution in [-0.2, 0) is 0 Å². The topological polar surface area (TPSA) is 17.1 Å². The largest absolute Gasteiger partial charge is 0.289 e. The van der Waals surface area contributed by atoms with Crippen LogP contribution in [0.2, 0.25) is 5.02 Å². The molecule has 1 nitrogen and oxygen atoms in total. The highest BCUT2D eigenvalue weighted by Crippen LogP contribution is 2.39. The van der Waals surface area contributed by atoms with Crippen molar-refractivity contribution in [2.75, 3.05) is 0 Å². The molecule has 0 aliphatic rings. The maximum atomic E-state index is 14.2. The molecular weight excluding hydrogens is 526 g/mol. The van der Waals surface area contributed by atoms with Gasteiger partial charge in [-0.25, -0.2) is 8.78 Å². The van der Waals surface area contributed by atoms with Crippen LogP contribution < -0.4 is 0 Å². The second kappa shape index (κ2) is 11.3. The van der Waals surface area contributed by atoms with Crippen LogP contribution in [0.5, 0.6) is 0 Å². The van der Waals surface area contributed by atoms with Gasteiger partial charge in [0.25, 0.3) is 0 Å². The number of hydrogen-bond acceptors (Lipinski definition) is 3. The van der Waals surface area contributed by atoms with Crippen LogP contribution in [-0.4, -0.2) is 5.78 Å². The van der Waals surface area contributed by atoms with E-state index in [1.807, 2.05) is 54.6 Å². The predicted octanol–water partition coefficient (Wildman–Crippen LogP) is 9.82. The highest BCUT2D eigenvalue weighted by atomic mass is 35.5. The highest BCUT2D eigenvalue weighted by molar-refractivity contribution is 7.99. The van der Waals surface area contributed by atoms with Gasteiger partial charge in [-0.05, 0) is 77.9 Å².